The van der Waals surface area contributed by atoms with Crippen molar-refractivity contribution in [3.05, 3.63) is 56.3 Å². The van der Waals surface area contributed by atoms with Gasteiger partial charge >= 0.3 is 0 Å². The van der Waals surface area contributed by atoms with Crippen LogP contribution in [0.1, 0.15) is 10.4 Å². The third-order valence-electron chi connectivity index (χ3n) is 2.52. The molecular weight excluding hydrogens is 250 g/mol. The van der Waals surface area contributed by atoms with Crippen LogP contribution in [0.25, 0.3) is 0 Å². The van der Waals surface area contributed by atoms with Gasteiger partial charge < -0.3 is 11.1 Å². The molecule has 0 aliphatic heterocycles. The summed E-state index contributed by atoms with van der Waals surface area (Å²) < 4.78 is 0. The minimum atomic E-state index is -0.388. The summed E-state index contributed by atoms with van der Waals surface area (Å²) in [5.74, 6) is 0. The lowest BCUT2D eigenvalue weighted by Gasteiger charge is -2.04. The predicted molar refractivity (Wildman–Crippen MR) is 72.4 cm³/mol. The van der Waals surface area contributed by atoms with E-state index in [0.717, 1.165) is 16.1 Å². The van der Waals surface area contributed by atoms with Gasteiger partial charge in [-0.3, -0.25) is 10.1 Å². The quantitative estimate of drug-likeness (QED) is 0.641. The molecule has 2 aromatic rings. The summed E-state index contributed by atoms with van der Waals surface area (Å²) in [5, 5.41) is 15.8. The van der Waals surface area contributed by atoms with Gasteiger partial charge in [-0.25, -0.2) is 0 Å². The van der Waals surface area contributed by atoms with Crippen LogP contribution >= 0.6 is 11.3 Å². The molecule has 0 bridgehead atoms. The van der Waals surface area contributed by atoms with Crippen LogP contribution in [0, 0.1) is 10.1 Å². The maximum atomic E-state index is 10.6. The van der Waals surface area contributed by atoms with Crippen LogP contribution in [0.15, 0.2) is 35.7 Å². The zero-order chi connectivity index (χ0) is 13.0. The number of rotatable bonds is 5. The summed E-state index contributed by atoms with van der Waals surface area (Å²) in [6, 6.07) is 8.48. The Morgan fingerprint density at radius 3 is 2.83 bits per heavy atom. The Morgan fingerprint density at radius 2 is 2.17 bits per heavy atom. The maximum Gasteiger partial charge on any atom is 0.269 e. The second kappa shape index (κ2) is 5.61. The van der Waals surface area contributed by atoms with Crippen LogP contribution in [0.4, 0.5) is 11.4 Å². The Kier molecular flexibility index (Phi) is 3.91. The number of anilines is 1. The van der Waals surface area contributed by atoms with Crippen molar-refractivity contribution in [2.45, 2.75) is 13.1 Å². The van der Waals surface area contributed by atoms with E-state index < -0.39 is 0 Å². The molecule has 0 fully saturated rings. The van der Waals surface area contributed by atoms with E-state index in [4.69, 9.17) is 5.73 Å². The molecule has 18 heavy (non-hydrogen) atoms. The van der Waals surface area contributed by atoms with Crippen molar-refractivity contribution in [2.24, 2.45) is 0 Å². The third-order valence-corrected chi connectivity index (χ3v) is 3.45. The van der Waals surface area contributed by atoms with E-state index in [1.165, 1.54) is 6.07 Å². The molecule has 0 saturated heterocycles. The predicted octanol–water partition coefficient (Wildman–Crippen LogP) is 2.53. The van der Waals surface area contributed by atoms with Gasteiger partial charge in [-0.2, -0.15) is 0 Å². The van der Waals surface area contributed by atoms with Gasteiger partial charge in [0, 0.05) is 35.8 Å². The first-order chi connectivity index (χ1) is 8.66. The van der Waals surface area contributed by atoms with Crippen LogP contribution in [-0.4, -0.2) is 4.92 Å². The molecule has 0 atom stereocenters. The van der Waals surface area contributed by atoms with Gasteiger partial charge in [0.1, 0.15) is 0 Å². The zero-order valence-electron chi connectivity index (χ0n) is 9.63. The standard InChI is InChI=1S/C12H13N3O2S/c13-11-4-5-18-12(11)8-14-7-9-2-1-3-10(6-9)15(16)17/h1-6,14H,7-8,13H2. The monoisotopic (exact) mass is 263 g/mol. The Hall–Kier alpha value is -1.92. The number of benzene rings is 1. The number of hydrogen-bond donors (Lipinski definition) is 2. The van der Waals surface area contributed by atoms with E-state index in [1.54, 1.807) is 23.5 Å². The number of nitrogens with two attached hydrogens (primary N) is 1. The van der Waals surface area contributed by atoms with Crippen LogP contribution in [0.5, 0.6) is 0 Å². The lowest BCUT2D eigenvalue weighted by atomic mass is 10.2. The summed E-state index contributed by atoms with van der Waals surface area (Å²) in [6.45, 7) is 1.26. The molecule has 3 N–H and O–H groups in total. The second-order valence-corrected chi connectivity index (χ2v) is 4.83. The highest BCUT2D eigenvalue weighted by Crippen LogP contribution is 2.18. The number of nitrogens with one attached hydrogen (secondary N) is 1. The van der Waals surface area contributed by atoms with E-state index in [0.29, 0.717) is 13.1 Å². The van der Waals surface area contributed by atoms with Crippen molar-refractivity contribution in [1.82, 2.24) is 5.32 Å². The largest absolute Gasteiger partial charge is 0.398 e. The lowest BCUT2D eigenvalue weighted by Crippen LogP contribution is -2.12. The van der Waals surface area contributed by atoms with E-state index in [-0.39, 0.29) is 10.6 Å². The third kappa shape index (κ3) is 3.06. The highest BCUT2D eigenvalue weighted by molar-refractivity contribution is 7.10. The van der Waals surface area contributed by atoms with Crippen molar-refractivity contribution >= 4 is 22.7 Å². The van der Waals surface area contributed by atoms with Gasteiger partial charge in [0.05, 0.1) is 4.92 Å². The van der Waals surface area contributed by atoms with Gasteiger partial charge in [0.15, 0.2) is 0 Å². The fourth-order valence-electron chi connectivity index (χ4n) is 1.59. The van der Waals surface area contributed by atoms with Crippen molar-refractivity contribution in [3.63, 3.8) is 0 Å². The smallest absolute Gasteiger partial charge is 0.269 e. The molecule has 0 radical (unpaired) electrons. The fourth-order valence-corrected chi connectivity index (χ4v) is 2.36. The van der Waals surface area contributed by atoms with Crippen LogP contribution in [-0.2, 0) is 13.1 Å². The molecule has 94 valence electrons. The van der Waals surface area contributed by atoms with Crippen molar-refractivity contribution in [2.75, 3.05) is 5.73 Å². The number of nitrogen functional groups attached to an aromatic ring is 1. The van der Waals surface area contributed by atoms with Crippen LogP contribution < -0.4 is 11.1 Å². The van der Waals surface area contributed by atoms with E-state index >= 15 is 0 Å². The van der Waals surface area contributed by atoms with Crippen molar-refractivity contribution in [3.8, 4) is 0 Å². The van der Waals surface area contributed by atoms with Gasteiger partial charge in [-0.15, -0.1) is 11.3 Å². The summed E-state index contributed by atoms with van der Waals surface area (Å²) in [5.41, 5.74) is 7.55. The summed E-state index contributed by atoms with van der Waals surface area (Å²) in [4.78, 5) is 11.3. The topological polar surface area (TPSA) is 81.2 Å². The number of nitro groups is 1. The number of nitro benzene ring substituents is 1. The van der Waals surface area contributed by atoms with Gasteiger partial charge in [0.25, 0.3) is 5.69 Å². The number of non-ortho nitro benzene ring substituents is 1. The fraction of sp³-hybridized carbons (Fsp3) is 0.167. The normalized spacial score (nSPS) is 10.4. The summed E-state index contributed by atoms with van der Waals surface area (Å²) in [7, 11) is 0. The Bertz CT molecular complexity index is 554. The molecule has 0 saturated carbocycles. The molecule has 1 aromatic heterocycles. The number of hydrogen-bond acceptors (Lipinski definition) is 5. The molecule has 1 aromatic carbocycles. The highest BCUT2D eigenvalue weighted by atomic mass is 32.1. The number of thiophene rings is 1. The molecule has 1 heterocycles. The van der Waals surface area contributed by atoms with Crippen LogP contribution in [0.2, 0.25) is 0 Å². The molecule has 0 aliphatic carbocycles. The van der Waals surface area contributed by atoms with E-state index in [9.17, 15) is 10.1 Å². The molecule has 0 amide bonds. The SMILES string of the molecule is Nc1ccsc1CNCc1cccc([N+](=O)[O-])c1. The summed E-state index contributed by atoms with van der Waals surface area (Å²) >= 11 is 1.60. The minimum Gasteiger partial charge on any atom is -0.398 e. The molecule has 0 unspecified atom stereocenters. The second-order valence-electron chi connectivity index (χ2n) is 3.83. The molecular formula is C12H13N3O2S. The van der Waals surface area contributed by atoms with Crippen LogP contribution in [0.3, 0.4) is 0 Å². The first kappa shape index (κ1) is 12.5. The van der Waals surface area contributed by atoms with Gasteiger partial charge in [-0.05, 0) is 17.0 Å². The molecule has 6 heteroatoms. The Labute approximate surface area is 108 Å². The summed E-state index contributed by atoms with van der Waals surface area (Å²) in [6.07, 6.45) is 0. The average Bonchev–Trinajstić information content (AvgIpc) is 2.76. The first-order valence-corrected chi connectivity index (χ1v) is 6.30. The van der Waals surface area contributed by atoms with E-state index in [1.807, 2.05) is 17.5 Å². The molecule has 2 rings (SSSR count). The maximum absolute atomic E-state index is 10.6. The molecule has 0 aliphatic rings. The van der Waals surface area contributed by atoms with Crippen molar-refractivity contribution in [1.29, 1.82) is 0 Å². The lowest BCUT2D eigenvalue weighted by molar-refractivity contribution is -0.384. The van der Waals surface area contributed by atoms with Crippen molar-refractivity contribution < 1.29 is 4.92 Å². The average molecular weight is 263 g/mol. The highest BCUT2D eigenvalue weighted by Gasteiger charge is 2.05. The number of nitrogens with zero attached hydrogens (tertiary/aromatic N) is 1. The van der Waals surface area contributed by atoms with E-state index in [2.05, 4.69) is 5.32 Å². The Morgan fingerprint density at radius 1 is 1.33 bits per heavy atom. The molecule has 0 spiro atoms. The zero-order valence-corrected chi connectivity index (χ0v) is 10.4. The Balaban J connectivity index is 1.92. The molecule has 5 nitrogen and oxygen atoms in total. The van der Waals surface area contributed by atoms with Gasteiger partial charge in [0.2, 0.25) is 0 Å². The first-order valence-electron chi connectivity index (χ1n) is 5.42. The van der Waals surface area contributed by atoms with Gasteiger partial charge in [-0.1, -0.05) is 12.1 Å². The minimum absolute atomic E-state index is 0.116.